The van der Waals surface area contributed by atoms with Crippen molar-refractivity contribution in [2.24, 2.45) is 0 Å². The number of nitrogens with zero attached hydrogens (tertiary/aromatic N) is 4. The minimum absolute atomic E-state index is 0.257. The number of para-hydroxylation sites is 1. The molecule has 2 heterocycles. The molecule has 0 aliphatic rings. The van der Waals surface area contributed by atoms with E-state index in [1.807, 2.05) is 43.3 Å². The van der Waals surface area contributed by atoms with Gasteiger partial charge < -0.3 is 4.74 Å². The van der Waals surface area contributed by atoms with E-state index in [4.69, 9.17) is 4.74 Å². The maximum Gasteiger partial charge on any atom is 0.342 e. The number of halogens is 1. The summed E-state index contributed by atoms with van der Waals surface area (Å²) < 4.78 is 8.04. The third-order valence-corrected chi connectivity index (χ3v) is 3.69. The third-order valence-electron chi connectivity index (χ3n) is 2.73. The first-order valence-corrected chi connectivity index (χ1v) is 6.79. The molecule has 0 saturated carbocycles. The molecule has 0 radical (unpaired) electrons. The fraction of sp³-hybridized carbons (Fsp3) is 0.0714. The Labute approximate surface area is 124 Å². The average Bonchev–Trinajstić information content (AvgIpc) is 2.93. The number of ether oxygens (including phenoxy) is 1. The number of hydrogen-bond donors (Lipinski definition) is 0. The highest BCUT2D eigenvalue weighted by atomic mass is 79.9. The number of hydrogen-bond acceptors (Lipinski definition) is 4. The predicted molar refractivity (Wildman–Crippen MR) is 78.1 cm³/mol. The van der Waals surface area contributed by atoms with Gasteiger partial charge in [-0.25, -0.2) is 9.67 Å². The molecule has 3 aromatic rings. The van der Waals surface area contributed by atoms with Crippen LogP contribution in [0.3, 0.4) is 0 Å². The van der Waals surface area contributed by atoms with Crippen LogP contribution in [0.25, 0.3) is 5.69 Å². The summed E-state index contributed by atoms with van der Waals surface area (Å²) in [5.41, 5.74) is 1.96. The molecule has 0 unspecified atom stereocenters. The molecule has 2 aromatic heterocycles. The Morgan fingerprint density at radius 2 is 1.90 bits per heavy atom. The summed E-state index contributed by atoms with van der Waals surface area (Å²) in [6.07, 6.45) is 3.29. The Morgan fingerprint density at radius 1 is 1.10 bits per heavy atom. The minimum Gasteiger partial charge on any atom is -0.403 e. The van der Waals surface area contributed by atoms with Gasteiger partial charge in [-0.05, 0) is 46.6 Å². The molecular formula is C14H11BrN4O. The lowest BCUT2D eigenvalue weighted by molar-refractivity contribution is 0.421. The van der Waals surface area contributed by atoms with Crippen molar-refractivity contribution in [3.05, 3.63) is 59.0 Å². The smallest absolute Gasteiger partial charge is 0.342 e. The lowest BCUT2D eigenvalue weighted by Gasteiger charge is -2.04. The van der Waals surface area contributed by atoms with Crippen LogP contribution in [0.15, 0.2) is 53.4 Å². The van der Waals surface area contributed by atoms with E-state index >= 15 is 0 Å². The van der Waals surface area contributed by atoms with Crippen molar-refractivity contribution < 1.29 is 4.74 Å². The van der Waals surface area contributed by atoms with Crippen molar-refractivity contribution >= 4 is 15.9 Å². The van der Waals surface area contributed by atoms with E-state index in [0.717, 1.165) is 15.7 Å². The van der Waals surface area contributed by atoms with Crippen molar-refractivity contribution in [2.75, 3.05) is 0 Å². The van der Waals surface area contributed by atoms with Crippen LogP contribution in [0.1, 0.15) is 5.56 Å². The summed E-state index contributed by atoms with van der Waals surface area (Å²) in [5, 5.41) is 4.27. The van der Waals surface area contributed by atoms with Gasteiger partial charge in [0.15, 0.2) is 0 Å². The molecule has 0 aliphatic carbocycles. The maximum atomic E-state index is 5.59. The number of aryl methyl sites for hydroxylation is 1. The van der Waals surface area contributed by atoms with Crippen LogP contribution < -0.4 is 4.74 Å². The van der Waals surface area contributed by atoms with Gasteiger partial charge in [-0.2, -0.15) is 4.98 Å². The SMILES string of the molecule is Cc1ccnc(Oc2ncn(-c3ccccc3)n2)c1Br. The first kappa shape index (κ1) is 12.8. The summed E-state index contributed by atoms with van der Waals surface area (Å²) in [7, 11) is 0. The zero-order valence-corrected chi connectivity index (χ0v) is 12.3. The normalized spacial score (nSPS) is 10.5. The number of aromatic nitrogens is 4. The molecule has 0 saturated heterocycles. The second kappa shape index (κ2) is 5.42. The van der Waals surface area contributed by atoms with Crippen LogP contribution >= 0.6 is 15.9 Å². The van der Waals surface area contributed by atoms with E-state index in [-0.39, 0.29) is 6.01 Å². The minimum atomic E-state index is 0.257. The zero-order valence-electron chi connectivity index (χ0n) is 10.7. The summed E-state index contributed by atoms with van der Waals surface area (Å²) >= 11 is 3.44. The Morgan fingerprint density at radius 3 is 2.70 bits per heavy atom. The molecule has 20 heavy (non-hydrogen) atoms. The van der Waals surface area contributed by atoms with Crippen molar-refractivity contribution in [3.8, 4) is 17.6 Å². The molecule has 0 bridgehead atoms. The predicted octanol–water partition coefficient (Wildman–Crippen LogP) is 3.53. The first-order valence-electron chi connectivity index (χ1n) is 6.00. The van der Waals surface area contributed by atoms with Crippen LogP contribution in [0, 0.1) is 6.92 Å². The molecule has 0 aliphatic heterocycles. The van der Waals surface area contributed by atoms with E-state index in [1.165, 1.54) is 0 Å². The lowest BCUT2D eigenvalue weighted by Crippen LogP contribution is -1.96. The van der Waals surface area contributed by atoms with Crippen molar-refractivity contribution in [1.82, 2.24) is 19.7 Å². The summed E-state index contributed by atoms with van der Waals surface area (Å²) in [4.78, 5) is 8.29. The van der Waals surface area contributed by atoms with E-state index in [2.05, 4.69) is 31.0 Å². The van der Waals surface area contributed by atoms with Crippen molar-refractivity contribution in [1.29, 1.82) is 0 Å². The molecule has 0 fully saturated rings. The van der Waals surface area contributed by atoms with Gasteiger partial charge in [0, 0.05) is 6.20 Å². The molecule has 3 rings (SSSR count). The standard InChI is InChI=1S/C14H11BrN4O/c1-10-7-8-16-13(12(10)15)20-14-17-9-19(18-14)11-5-3-2-4-6-11/h2-9H,1H3. The summed E-state index contributed by atoms with van der Waals surface area (Å²) in [5.74, 6) is 0.454. The average molecular weight is 331 g/mol. The molecule has 0 amide bonds. The van der Waals surface area contributed by atoms with Gasteiger partial charge in [-0.1, -0.05) is 18.2 Å². The Kier molecular flexibility index (Phi) is 3.47. The fourth-order valence-electron chi connectivity index (χ4n) is 1.67. The van der Waals surface area contributed by atoms with Crippen LogP contribution in [-0.4, -0.2) is 19.7 Å². The first-order chi connectivity index (χ1) is 9.74. The molecule has 5 nitrogen and oxygen atoms in total. The van der Waals surface area contributed by atoms with Gasteiger partial charge in [0.05, 0.1) is 10.2 Å². The Balaban J connectivity index is 1.86. The third kappa shape index (κ3) is 2.55. The number of pyridine rings is 1. The summed E-state index contributed by atoms with van der Waals surface area (Å²) in [6.45, 7) is 1.97. The summed E-state index contributed by atoms with van der Waals surface area (Å²) in [6, 6.07) is 11.9. The lowest BCUT2D eigenvalue weighted by atomic mass is 10.3. The van der Waals surface area contributed by atoms with Crippen molar-refractivity contribution in [2.45, 2.75) is 6.92 Å². The van der Waals surface area contributed by atoms with Gasteiger partial charge in [0.1, 0.15) is 6.33 Å². The van der Waals surface area contributed by atoms with Crippen LogP contribution in [0.4, 0.5) is 0 Å². The monoisotopic (exact) mass is 330 g/mol. The van der Waals surface area contributed by atoms with Crippen LogP contribution in [0.2, 0.25) is 0 Å². The molecule has 0 atom stereocenters. The fourth-order valence-corrected chi connectivity index (χ4v) is 1.99. The molecule has 6 heteroatoms. The highest BCUT2D eigenvalue weighted by Gasteiger charge is 2.10. The number of benzene rings is 1. The van der Waals surface area contributed by atoms with Crippen LogP contribution in [0.5, 0.6) is 11.9 Å². The molecule has 0 N–H and O–H groups in total. The Bertz CT molecular complexity index is 727. The van der Waals surface area contributed by atoms with E-state index in [0.29, 0.717) is 5.88 Å². The highest BCUT2D eigenvalue weighted by molar-refractivity contribution is 9.10. The quantitative estimate of drug-likeness (QED) is 0.737. The van der Waals surface area contributed by atoms with E-state index in [1.54, 1.807) is 17.2 Å². The molecule has 100 valence electrons. The topological polar surface area (TPSA) is 52.8 Å². The van der Waals surface area contributed by atoms with Gasteiger partial charge in [0.2, 0.25) is 5.88 Å². The largest absolute Gasteiger partial charge is 0.403 e. The zero-order chi connectivity index (χ0) is 13.9. The van der Waals surface area contributed by atoms with E-state index < -0.39 is 0 Å². The second-order valence-corrected chi connectivity index (χ2v) is 4.95. The molecular weight excluding hydrogens is 320 g/mol. The molecule has 1 aromatic carbocycles. The number of rotatable bonds is 3. The maximum absolute atomic E-state index is 5.59. The van der Waals surface area contributed by atoms with Crippen LogP contribution in [-0.2, 0) is 0 Å². The van der Waals surface area contributed by atoms with Gasteiger partial charge in [-0.15, -0.1) is 5.10 Å². The van der Waals surface area contributed by atoms with Gasteiger partial charge in [0.25, 0.3) is 0 Å². The van der Waals surface area contributed by atoms with E-state index in [9.17, 15) is 0 Å². The highest BCUT2D eigenvalue weighted by Crippen LogP contribution is 2.28. The van der Waals surface area contributed by atoms with Gasteiger partial charge >= 0.3 is 6.01 Å². The van der Waals surface area contributed by atoms with Crippen molar-refractivity contribution in [3.63, 3.8) is 0 Å². The van der Waals surface area contributed by atoms with Gasteiger partial charge in [-0.3, -0.25) is 0 Å². The second-order valence-electron chi connectivity index (χ2n) is 4.16. The molecule has 0 spiro atoms. The Hall–Kier alpha value is -2.21.